The van der Waals surface area contributed by atoms with Crippen molar-refractivity contribution in [3.8, 4) is 0 Å². The second-order valence-corrected chi connectivity index (χ2v) is 3.99. The molecule has 0 saturated carbocycles. The molecule has 0 radical (unpaired) electrons. The van der Waals surface area contributed by atoms with Crippen molar-refractivity contribution in [1.29, 1.82) is 0 Å². The normalized spacial score (nSPS) is 11.9. The molecular weight excluding hydrogens is 283 g/mol. The van der Waals surface area contributed by atoms with E-state index in [1.807, 2.05) is 0 Å². The lowest BCUT2D eigenvalue weighted by Crippen LogP contribution is -2.39. The third-order valence-corrected chi connectivity index (χ3v) is 2.46. The fraction of sp³-hybridized carbons (Fsp3) is 0.385. The Balaban J connectivity index is 2.48. The number of aliphatic imine (C=N–C) groups is 1. The van der Waals surface area contributed by atoms with E-state index in [0.29, 0.717) is 19.0 Å². The van der Waals surface area contributed by atoms with Gasteiger partial charge in [0.1, 0.15) is 5.82 Å². The van der Waals surface area contributed by atoms with Gasteiger partial charge in [-0.3, -0.25) is 4.99 Å². The maximum Gasteiger partial charge on any atom is 0.419 e. The van der Waals surface area contributed by atoms with E-state index in [1.165, 1.54) is 12.3 Å². The molecule has 0 fully saturated rings. The molecule has 0 aliphatic rings. The molecule has 0 unspecified atom stereocenters. The van der Waals surface area contributed by atoms with E-state index in [9.17, 15) is 13.2 Å². The number of rotatable bonds is 6. The summed E-state index contributed by atoms with van der Waals surface area (Å²) < 4.78 is 38.2. The zero-order chi connectivity index (χ0) is 15.7. The van der Waals surface area contributed by atoms with Crippen molar-refractivity contribution in [1.82, 2.24) is 15.6 Å². The smallest absolute Gasteiger partial charge is 0.368 e. The zero-order valence-corrected chi connectivity index (χ0v) is 11.7. The Morgan fingerprint density at radius 3 is 2.76 bits per heavy atom. The summed E-state index contributed by atoms with van der Waals surface area (Å²) >= 11 is 0. The molecule has 0 saturated heterocycles. The molecule has 0 atom stereocenters. The van der Waals surface area contributed by atoms with Gasteiger partial charge in [0.25, 0.3) is 0 Å². The first-order valence-corrected chi connectivity index (χ1v) is 6.30. The quantitative estimate of drug-likeness (QED) is 0.325. The number of nitrogens with one attached hydrogen (secondary N) is 3. The molecular formula is C13H18F3N5. The molecule has 8 heteroatoms. The Morgan fingerprint density at radius 1 is 1.38 bits per heavy atom. The van der Waals surface area contributed by atoms with Crippen LogP contribution in [0.2, 0.25) is 0 Å². The second kappa shape index (κ2) is 8.13. The Bertz CT molecular complexity index is 485. The molecule has 0 aromatic carbocycles. The van der Waals surface area contributed by atoms with E-state index in [1.54, 1.807) is 13.1 Å². The molecule has 0 aliphatic carbocycles. The highest BCUT2D eigenvalue weighted by atomic mass is 19.4. The largest absolute Gasteiger partial charge is 0.419 e. The monoisotopic (exact) mass is 301 g/mol. The summed E-state index contributed by atoms with van der Waals surface area (Å²) in [5.74, 6) is 0.370. The van der Waals surface area contributed by atoms with Crippen LogP contribution in [0.1, 0.15) is 5.56 Å². The van der Waals surface area contributed by atoms with Crippen LogP contribution in [0.15, 0.2) is 36.0 Å². The van der Waals surface area contributed by atoms with Gasteiger partial charge in [-0.15, -0.1) is 6.58 Å². The van der Waals surface area contributed by atoms with Crippen LogP contribution in [0, 0.1) is 0 Å². The van der Waals surface area contributed by atoms with Gasteiger partial charge >= 0.3 is 6.18 Å². The fourth-order valence-corrected chi connectivity index (χ4v) is 1.53. The van der Waals surface area contributed by atoms with Gasteiger partial charge in [0, 0.05) is 32.9 Å². The minimum absolute atomic E-state index is 0.180. The van der Waals surface area contributed by atoms with Crippen LogP contribution in [0.4, 0.5) is 19.0 Å². The Labute approximate surface area is 121 Å². The minimum Gasteiger partial charge on any atom is -0.368 e. The minimum atomic E-state index is -4.43. The molecule has 1 rings (SSSR count). The lowest BCUT2D eigenvalue weighted by atomic mass is 10.2. The molecule has 1 heterocycles. The SMILES string of the molecule is C=CCNC(=NC)NCCNc1ncccc1C(F)(F)F. The summed E-state index contributed by atoms with van der Waals surface area (Å²) in [6.45, 7) is 4.78. The van der Waals surface area contributed by atoms with E-state index >= 15 is 0 Å². The lowest BCUT2D eigenvalue weighted by molar-refractivity contribution is -0.137. The molecule has 21 heavy (non-hydrogen) atoms. The highest BCUT2D eigenvalue weighted by Gasteiger charge is 2.33. The molecule has 0 bridgehead atoms. The molecule has 1 aromatic heterocycles. The molecule has 0 amide bonds. The van der Waals surface area contributed by atoms with Crippen molar-refractivity contribution in [2.24, 2.45) is 4.99 Å². The van der Waals surface area contributed by atoms with Gasteiger partial charge in [0.2, 0.25) is 0 Å². The van der Waals surface area contributed by atoms with Gasteiger partial charge in [-0.2, -0.15) is 13.2 Å². The number of hydrogen-bond donors (Lipinski definition) is 3. The second-order valence-electron chi connectivity index (χ2n) is 3.99. The van der Waals surface area contributed by atoms with Crippen molar-refractivity contribution < 1.29 is 13.2 Å². The summed E-state index contributed by atoms with van der Waals surface area (Å²) in [5, 5.41) is 8.56. The topological polar surface area (TPSA) is 61.3 Å². The number of halogens is 3. The van der Waals surface area contributed by atoms with Gasteiger partial charge in [0.05, 0.1) is 5.56 Å². The molecule has 5 nitrogen and oxygen atoms in total. The summed E-state index contributed by atoms with van der Waals surface area (Å²) in [6, 6.07) is 2.25. The van der Waals surface area contributed by atoms with Crippen LogP contribution in [0.3, 0.4) is 0 Å². The van der Waals surface area contributed by atoms with Crippen molar-refractivity contribution in [2.45, 2.75) is 6.18 Å². The number of hydrogen-bond acceptors (Lipinski definition) is 3. The third kappa shape index (κ3) is 5.72. The fourth-order valence-electron chi connectivity index (χ4n) is 1.53. The van der Waals surface area contributed by atoms with Crippen LogP contribution < -0.4 is 16.0 Å². The first-order valence-electron chi connectivity index (χ1n) is 6.30. The maximum atomic E-state index is 12.7. The van der Waals surface area contributed by atoms with Crippen LogP contribution in [-0.2, 0) is 6.18 Å². The summed E-state index contributed by atoms with van der Waals surface area (Å²) in [7, 11) is 1.60. The van der Waals surface area contributed by atoms with Crippen LogP contribution in [0.25, 0.3) is 0 Å². The van der Waals surface area contributed by atoms with E-state index in [-0.39, 0.29) is 12.4 Å². The predicted molar refractivity (Wildman–Crippen MR) is 77.3 cm³/mol. The van der Waals surface area contributed by atoms with Gasteiger partial charge in [-0.1, -0.05) is 6.08 Å². The number of aromatic nitrogens is 1. The molecule has 0 aliphatic heterocycles. The number of pyridine rings is 1. The first kappa shape index (κ1) is 16.8. The average molecular weight is 301 g/mol. The van der Waals surface area contributed by atoms with E-state index in [4.69, 9.17) is 0 Å². The maximum absolute atomic E-state index is 12.7. The van der Waals surface area contributed by atoms with Crippen molar-refractivity contribution in [3.05, 3.63) is 36.5 Å². The van der Waals surface area contributed by atoms with Crippen LogP contribution in [0.5, 0.6) is 0 Å². The van der Waals surface area contributed by atoms with E-state index < -0.39 is 11.7 Å². The van der Waals surface area contributed by atoms with Crippen LogP contribution >= 0.6 is 0 Å². The highest BCUT2D eigenvalue weighted by molar-refractivity contribution is 5.79. The molecule has 116 valence electrons. The average Bonchev–Trinajstić information content (AvgIpc) is 2.46. The van der Waals surface area contributed by atoms with Crippen molar-refractivity contribution in [3.63, 3.8) is 0 Å². The summed E-state index contributed by atoms with van der Waals surface area (Å²) in [6.07, 6.45) is -1.43. The lowest BCUT2D eigenvalue weighted by Gasteiger charge is -2.14. The molecule has 3 N–H and O–H groups in total. The number of alkyl halides is 3. The van der Waals surface area contributed by atoms with Crippen molar-refractivity contribution >= 4 is 11.8 Å². The van der Waals surface area contributed by atoms with Gasteiger partial charge in [-0.05, 0) is 12.1 Å². The van der Waals surface area contributed by atoms with Crippen molar-refractivity contribution in [2.75, 3.05) is 32.0 Å². The third-order valence-electron chi connectivity index (χ3n) is 2.46. The summed E-state index contributed by atoms with van der Waals surface area (Å²) in [4.78, 5) is 7.66. The van der Waals surface area contributed by atoms with E-state index in [0.717, 1.165) is 6.07 Å². The number of nitrogens with zero attached hydrogens (tertiary/aromatic N) is 2. The first-order chi connectivity index (χ1) is 9.99. The zero-order valence-electron chi connectivity index (χ0n) is 11.7. The van der Waals surface area contributed by atoms with E-state index in [2.05, 4.69) is 32.5 Å². The standard InChI is InChI=1S/C13H18F3N5/c1-3-6-20-12(17-2)21-9-8-19-11-10(13(14,15)16)5-4-7-18-11/h3-5,7H,1,6,8-9H2,2H3,(H,18,19)(H2,17,20,21). The number of anilines is 1. The molecule has 1 aromatic rings. The predicted octanol–water partition coefficient (Wildman–Crippen LogP) is 1.86. The number of guanidine groups is 1. The van der Waals surface area contributed by atoms with Gasteiger partial charge < -0.3 is 16.0 Å². The molecule has 0 spiro atoms. The summed E-state index contributed by atoms with van der Waals surface area (Å²) in [5.41, 5.74) is -0.779. The Hall–Kier alpha value is -2.25. The van der Waals surface area contributed by atoms with Gasteiger partial charge in [0.15, 0.2) is 5.96 Å². The Morgan fingerprint density at radius 2 is 2.14 bits per heavy atom. The van der Waals surface area contributed by atoms with Crippen LogP contribution in [-0.4, -0.2) is 37.6 Å². The van der Waals surface area contributed by atoms with Gasteiger partial charge in [-0.25, -0.2) is 4.98 Å². The Kier molecular flexibility index (Phi) is 6.51. The highest BCUT2D eigenvalue weighted by Crippen LogP contribution is 2.33.